The van der Waals surface area contributed by atoms with Crippen molar-refractivity contribution in [1.82, 2.24) is 9.97 Å². The zero-order valence-corrected chi connectivity index (χ0v) is 12.2. The largest absolute Gasteiger partial charge is 0.370 e. The molecule has 7 heteroatoms. The Morgan fingerprint density at radius 3 is 2.80 bits per heavy atom. The lowest BCUT2D eigenvalue weighted by Crippen LogP contribution is -2.16. The predicted molar refractivity (Wildman–Crippen MR) is 78.2 cm³/mol. The van der Waals surface area contributed by atoms with Gasteiger partial charge in [-0.3, -0.25) is 4.79 Å². The molecule has 1 amide bonds. The van der Waals surface area contributed by atoms with Gasteiger partial charge in [-0.2, -0.15) is 0 Å². The maximum absolute atomic E-state index is 12.8. The van der Waals surface area contributed by atoms with Crippen molar-refractivity contribution >= 4 is 33.5 Å². The Balaban J connectivity index is 2.23. The number of aromatic nitrogens is 2. The lowest BCUT2D eigenvalue weighted by Gasteiger charge is -2.10. The second-order valence-corrected chi connectivity index (χ2v) is 4.81. The van der Waals surface area contributed by atoms with Crippen LogP contribution in [-0.2, 0) is 0 Å². The molecule has 0 bridgehead atoms. The summed E-state index contributed by atoms with van der Waals surface area (Å²) in [5.74, 6) is -0.0662. The number of carbonyl (C=O) groups is 1. The molecule has 2 aromatic rings. The number of rotatable bonds is 4. The van der Waals surface area contributed by atoms with E-state index in [1.165, 1.54) is 12.1 Å². The summed E-state index contributed by atoms with van der Waals surface area (Å²) in [5, 5.41) is 5.60. The Hall–Kier alpha value is -2.02. The lowest BCUT2D eigenvalue weighted by molar-refractivity contribution is 0.102. The van der Waals surface area contributed by atoms with Crippen LogP contribution < -0.4 is 10.6 Å². The molecule has 0 fully saturated rings. The van der Waals surface area contributed by atoms with Gasteiger partial charge in [0, 0.05) is 17.2 Å². The minimum atomic E-state index is -0.458. The topological polar surface area (TPSA) is 66.9 Å². The highest BCUT2D eigenvalue weighted by atomic mass is 79.9. The van der Waals surface area contributed by atoms with Crippen molar-refractivity contribution in [3.63, 3.8) is 0 Å². The van der Waals surface area contributed by atoms with Gasteiger partial charge in [0.1, 0.15) is 17.5 Å². The first-order chi connectivity index (χ1) is 9.60. The molecule has 20 heavy (non-hydrogen) atoms. The van der Waals surface area contributed by atoms with Crippen LogP contribution in [0.25, 0.3) is 0 Å². The van der Waals surface area contributed by atoms with Crippen molar-refractivity contribution in [1.29, 1.82) is 0 Å². The molecule has 0 aliphatic rings. The second kappa shape index (κ2) is 6.42. The fraction of sp³-hybridized carbons (Fsp3) is 0.154. The molecule has 0 aliphatic heterocycles. The van der Waals surface area contributed by atoms with Gasteiger partial charge in [-0.15, -0.1) is 0 Å². The van der Waals surface area contributed by atoms with Crippen LogP contribution in [0.4, 0.5) is 16.0 Å². The van der Waals surface area contributed by atoms with E-state index in [0.717, 1.165) is 6.20 Å². The molecule has 0 unspecified atom stereocenters. The summed E-state index contributed by atoms with van der Waals surface area (Å²) >= 11 is 3.28. The van der Waals surface area contributed by atoms with E-state index >= 15 is 0 Å². The summed E-state index contributed by atoms with van der Waals surface area (Å²) in [5.41, 5.74) is 0.382. The Morgan fingerprint density at radius 1 is 1.35 bits per heavy atom. The number of pyridine rings is 2. The van der Waals surface area contributed by atoms with Crippen LogP contribution in [0.1, 0.15) is 17.3 Å². The van der Waals surface area contributed by atoms with Crippen molar-refractivity contribution in [3.8, 4) is 0 Å². The highest BCUT2D eigenvalue weighted by Crippen LogP contribution is 2.19. The van der Waals surface area contributed by atoms with E-state index in [2.05, 4.69) is 36.5 Å². The minimum absolute atomic E-state index is 0.277. The van der Waals surface area contributed by atoms with Gasteiger partial charge in [0.05, 0.1) is 11.8 Å². The summed E-state index contributed by atoms with van der Waals surface area (Å²) in [7, 11) is 0. The van der Waals surface area contributed by atoms with E-state index in [1.54, 1.807) is 12.3 Å². The first-order valence-corrected chi connectivity index (χ1v) is 6.71. The molecule has 2 N–H and O–H groups in total. The number of nitrogens with zero attached hydrogens (tertiary/aromatic N) is 2. The molecule has 5 nitrogen and oxygen atoms in total. The molecule has 2 heterocycles. The van der Waals surface area contributed by atoms with Crippen molar-refractivity contribution < 1.29 is 9.18 Å². The highest BCUT2D eigenvalue weighted by Gasteiger charge is 2.13. The summed E-state index contributed by atoms with van der Waals surface area (Å²) in [6.07, 6.45) is 2.64. The van der Waals surface area contributed by atoms with Gasteiger partial charge >= 0.3 is 0 Å². The number of hydrogen-bond donors (Lipinski definition) is 2. The van der Waals surface area contributed by atoms with Gasteiger partial charge in [-0.1, -0.05) is 0 Å². The molecule has 104 valence electrons. The Labute approximate surface area is 123 Å². The monoisotopic (exact) mass is 338 g/mol. The van der Waals surface area contributed by atoms with Crippen LogP contribution in [0.2, 0.25) is 0 Å². The third-order valence-corrected chi connectivity index (χ3v) is 2.85. The van der Waals surface area contributed by atoms with Crippen LogP contribution in [-0.4, -0.2) is 22.4 Å². The zero-order valence-electron chi connectivity index (χ0n) is 10.7. The van der Waals surface area contributed by atoms with E-state index in [4.69, 9.17) is 0 Å². The van der Waals surface area contributed by atoms with E-state index < -0.39 is 5.82 Å². The number of carbonyl (C=O) groups excluding carboxylic acids is 1. The van der Waals surface area contributed by atoms with Crippen LogP contribution in [0.3, 0.4) is 0 Å². The zero-order chi connectivity index (χ0) is 14.5. The third kappa shape index (κ3) is 3.51. The minimum Gasteiger partial charge on any atom is -0.370 e. The molecular formula is C13H12BrFN4O. The molecule has 0 aliphatic carbocycles. The van der Waals surface area contributed by atoms with Crippen LogP contribution in [0.5, 0.6) is 0 Å². The molecule has 2 aromatic heterocycles. The average molecular weight is 339 g/mol. The first kappa shape index (κ1) is 14.4. The lowest BCUT2D eigenvalue weighted by atomic mass is 10.2. The van der Waals surface area contributed by atoms with Gasteiger partial charge in [0.2, 0.25) is 0 Å². The van der Waals surface area contributed by atoms with E-state index in [0.29, 0.717) is 22.4 Å². The van der Waals surface area contributed by atoms with Gasteiger partial charge in [-0.05, 0) is 41.1 Å². The van der Waals surface area contributed by atoms with Gasteiger partial charge in [0.25, 0.3) is 5.91 Å². The normalized spacial score (nSPS) is 10.2. The Morgan fingerprint density at radius 2 is 2.15 bits per heavy atom. The molecule has 0 saturated carbocycles. The third-order valence-electron chi connectivity index (χ3n) is 2.41. The highest BCUT2D eigenvalue weighted by molar-refractivity contribution is 9.10. The molecule has 0 saturated heterocycles. The SMILES string of the molecule is CCNc1ncc(Br)cc1C(=O)Nc1ccc(F)cn1. The Kier molecular flexibility index (Phi) is 4.62. The number of halogens is 2. The van der Waals surface area contributed by atoms with E-state index in [1.807, 2.05) is 6.92 Å². The fourth-order valence-corrected chi connectivity index (χ4v) is 1.89. The maximum atomic E-state index is 12.8. The summed E-state index contributed by atoms with van der Waals surface area (Å²) in [6, 6.07) is 4.28. The summed E-state index contributed by atoms with van der Waals surface area (Å²) in [4.78, 5) is 20.1. The smallest absolute Gasteiger partial charge is 0.260 e. The maximum Gasteiger partial charge on any atom is 0.260 e. The summed E-state index contributed by atoms with van der Waals surface area (Å²) < 4.78 is 13.5. The quantitative estimate of drug-likeness (QED) is 0.898. The number of hydrogen-bond acceptors (Lipinski definition) is 4. The number of amides is 1. The molecule has 0 aromatic carbocycles. The van der Waals surface area contributed by atoms with Crippen LogP contribution in [0.15, 0.2) is 35.1 Å². The predicted octanol–water partition coefficient (Wildman–Crippen LogP) is 3.06. The standard InChI is InChI=1S/C13H12BrFN4O/c1-2-16-12-10(5-8(14)6-18-12)13(20)19-11-4-3-9(15)7-17-11/h3-7H,2H2,1H3,(H,16,18)(H,17,19,20). The number of anilines is 2. The van der Waals surface area contributed by atoms with E-state index in [-0.39, 0.29) is 11.7 Å². The molecule has 0 atom stereocenters. The van der Waals surface area contributed by atoms with Gasteiger partial charge in [-0.25, -0.2) is 14.4 Å². The van der Waals surface area contributed by atoms with E-state index in [9.17, 15) is 9.18 Å². The fourth-order valence-electron chi connectivity index (χ4n) is 1.55. The van der Waals surface area contributed by atoms with Gasteiger partial charge < -0.3 is 10.6 Å². The Bertz CT molecular complexity index is 618. The van der Waals surface area contributed by atoms with Crippen molar-refractivity contribution in [2.45, 2.75) is 6.92 Å². The van der Waals surface area contributed by atoms with Gasteiger partial charge in [0.15, 0.2) is 0 Å². The van der Waals surface area contributed by atoms with Crippen molar-refractivity contribution in [3.05, 3.63) is 46.4 Å². The summed E-state index contributed by atoms with van der Waals surface area (Å²) in [6.45, 7) is 2.55. The van der Waals surface area contributed by atoms with Crippen molar-refractivity contribution in [2.24, 2.45) is 0 Å². The molecule has 0 radical (unpaired) electrons. The average Bonchev–Trinajstić information content (AvgIpc) is 2.43. The van der Waals surface area contributed by atoms with Crippen LogP contribution in [0, 0.1) is 5.82 Å². The number of nitrogens with one attached hydrogen (secondary N) is 2. The first-order valence-electron chi connectivity index (χ1n) is 5.92. The second-order valence-electron chi connectivity index (χ2n) is 3.90. The van der Waals surface area contributed by atoms with Crippen LogP contribution >= 0.6 is 15.9 Å². The molecule has 2 rings (SSSR count). The van der Waals surface area contributed by atoms with Crippen molar-refractivity contribution in [2.75, 3.05) is 17.2 Å². The molecule has 0 spiro atoms. The molecular weight excluding hydrogens is 327 g/mol.